The maximum Gasteiger partial charge on any atom is 0.384 e. The van der Waals surface area contributed by atoms with Gasteiger partial charge in [-0.15, -0.1) is 0 Å². The molecule has 1 aromatic heterocycles. The van der Waals surface area contributed by atoms with Crippen LogP contribution in [0.2, 0.25) is 0 Å². The van der Waals surface area contributed by atoms with Gasteiger partial charge in [0.15, 0.2) is 10.9 Å². The van der Waals surface area contributed by atoms with Gasteiger partial charge < -0.3 is 9.84 Å². The number of aromatic nitrogens is 2. The highest BCUT2D eigenvalue weighted by molar-refractivity contribution is 7.98. The fraction of sp³-hybridized carbons (Fsp3) is 0.200. The standard InChI is InChI=1S/C10H8N2O4S/c1-16-7(13)4-3-6-5-11-10(17-2)12-8(6)9(14)15/h5H,1-2H3,(H,14,15). The van der Waals surface area contributed by atoms with Crippen molar-refractivity contribution in [2.24, 2.45) is 0 Å². The first-order chi connectivity index (χ1) is 8.08. The second-order valence-corrected chi connectivity index (χ2v) is 3.44. The van der Waals surface area contributed by atoms with Crippen molar-refractivity contribution in [1.29, 1.82) is 0 Å². The number of esters is 1. The van der Waals surface area contributed by atoms with E-state index in [1.165, 1.54) is 25.1 Å². The third-order valence-electron chi connectivity index (χ3n) is 1.64. The van der Waals surface area contributed by atoms with E-state index in [4.69, 9.17) is 5.11 Å². The van der Waals surface area contributed by atoms with Crippen LogP contribution < -0.4 is 0 Å². The quantitative estimate of drug-likeness (QED) is 0.353. The zero-order chi connectivity index (χ0) is 12.8. The predicted octanol–water partition coefficient (Wildman–Crippen LogP) is 0.421. The summed E-state index contributed by atoms with van der Waals surface area (Å²) in [6, 6.07) is 0. The van der Waals surface area contributed by atoms with Gasteiger partial charge in [0.25, 0.3) is 0 Å². The Hall–Kier alpha value is -2.07. The molecule has 0 aliphatic rings. The highest BCUT2D eigenvalue weighted by atomic mass is 32.2. The van der Waals surface area contributed by atoms with Crippen molar-refractivity contribution in [2.45, 2.75) is 5.16 Å². The van der Waals surface area contributed by atoms with Gasteiger partial charge in [0.05, 0.1) is 12.7 Å². The minimum absolute atomic E-state index is 0.0701. The molecule has 0 saturated carbocycles. The summed E-state index contributed by atoms with van der Waals surface area (Å²) in [6.07, 6.45) is 2.99. The molecule has 0 aromatic carbocycles. The Morgan fingerprint density at radius 1 is 1.53 bits per heavy atom. The smallest absolute Gasteiger partial charge is 0.384 e. The number of carbonyl (C=O) groups excluding carboxylic acids is 1. The lowest BCUT2D eigenvalue weighted by atomic mass is 10.2. The number of thioether (sulfide) groups is 1. The number of ether oxygens (including phenoxy) is 1. The lowest BCUT2D eigenvalue weighted by Gasteiger charge is -1.99. The zero-order valence-electron chi connectivity index (χ0n) is 9.05. The zero-order valence-corrected chi connectivity index (χ0v) is 9.87. The maximum absolute atomic E-state index is 10.9. The Bertz CT molecular complexity index is 519. The van der Waals surface area contributed by atoms with Gasteiger partial charge in [0.1, 0.15) is 0 Å². The number of methoxy groups -OCH3 is 1. The first kappa shape index (κ1) is 13.0. The number of carbonyl (C=O) groups is 2. The molecule has 0 amide bonds. The van der Waals surface area contributed by atoms with E-state index in [0.717, 1.165) is 0 Å². The number of carboxylic acid groups (broad SMARTS) is 1. The SMILES string of the molecule is COC(=O)C#Cc1cnc(SC)nc1C(=O)O. The number of rotatable bonds is 2. The third kappa shape index (κ3) is 3.46. The van der Waals surface area contributed by atoms with Crippen LogP contribution in [0, 0.1) is 11.8 Å². The predicted molar refractivity (Wildman–Crippen MR) is 59.7 cm³/mol. The largest absolute Gasteiger partial charge is 0.476 e. The van der Waals surface area contributed by atoms with Crippen LogP contribution in [0.25, 0.3) is 0 Å². The van der Waals surface area contributed by atoms with Crippen LogP contribution in [0.5, 0.6) is 0 Å². The van der Waals surface area contributed by atoms with Gasteiger partial charge in [-0.2, -0.15) is 0 Å². The van der Waals surface area contributed by atoms with Crippen molar-refractivity contribution in [2.75, 3.05) is 13.4 Å². The van der Waals surface area contributed by atoms with E-state index in [-0.39, 0.29) is 11.3 Å². The molecular formula is C10H8N2O4S. The Labute approximate surface area is 101 Å². The maximum atomic E-state index is 10.9. The van der Waals surface area contributed by atoms with Crippen molar-refractivity contribution in [3.8, 4) is 11.8 Å². The van der Waals surface area contributed by atoms with Gasteiger partial charge in [-0.25, -0.2) is 19.6 Å². The molecule has 0 unspecified atom stereocenters. The van der Waals surface area contributed by atoms with Crippen LogP contribution in [-0.4, -0.2) is 40.4 Å². The molecule has 1 N–H and O–H groups in total. The van der Waals surface area contributed by atoms with Gasteiger partial charge >= 0.3 is 11.9 Å². The molecule has 0 radical (unpaired) electrons. The van der Waals surface area contributed by atoms with Gasteiger partial charge in [0.2, 0.25) is 0 Å². The summed E-state index contributed by atoms with van der Waals surface area (Å²) in [5.74, 6) is 2.50. The number of hydrogen-bond donors (Lipinski definition) is 1. The summed E-state index contributed by atoms with van der Waals surface area (Å²) < 4.78 is 4.31. The molecular weight excluding hydrogens is 244 g/mol. The summed E-state index contributed by atoms with van der Waals surface area (Å²) in [4.78, 5) is 29.4. The van der Waals surface area contributed by atoms with E-state index in [9.17, 15) is 9.59 Å². The normalized spacial score (nSPS) is 9.06. The molecule has 6 nitrogen and oxygen atoms in total. The second kappa shape index (κ2) is 5.86. The number of aromatic carboxylic acids is 1. The monoisotopic (exact) mass is 252 g/mol. The molecule has 0 saturated heterocycles. The van der Waals surface area contributed by atoms with Crippen molar-refractivity contribution in [3.63, 3.8) is 0 Å². The van der Waals surface area contributed by atoms with E-state index in [0.29, 0.717) is 5.16 Å². The lowest BCUT2D eigenvalue weighted by Crippen LogP contribution is -2.06. The number of nitrogens with zero attached hydrogens (tertiary/aromatic N) is 2. The van der Waals surface area contributed by atoms with Crippen LogP contribution in [0.1, 0.15) is 16.1 Å². The Morgan fingerprint density at radius 3 is 2.76 bits per heavy atom. The topological polar surface area (TPSA) is 89.4 Å². The number of hydrogen-bond acceptors (Lipinski definition) is 6. The Balaban J connectivity index is 3.18. The molecule has 0 aliphatic carbocycles. The molecule has 0 atom stereocenters. The Morgan fingerprint density at radius 2 is 2.24 bits per heavy atom. The molecule has 0 aliphatic heterocycles. The van der Waals surface area contributed by atoms with E-state index in [1.807, 2.05) is 0 Å². The molecule has 1 heterocycles. The highest BCUT2D eigenvalue weighted by Crippen LogP contribution is 2.11. The third-order valence-corrected chi connectivity index (χ3v) is 2.20. The van der Waals surface area contributed by atoms with E-state index in [2.05, 4.69) is 26.5 Å². The Kier molecular flexibility index (Phi) is 4.48. The van der Waals surface area contributed by atoms with Crippen LogP contribution in [-0.2, 0) is 9.53 Å². The second-order valence-electron chi connectivity index (χ2n) is 2.67. The summed E-state index contributed by atoms with van der Waals surface area (Å²) in [5, 5.41) is 9.25. The number of carboxylic acids is 1. The minimum atomic E-state index is -1.23. The molecule has 0 fully saturated rings. The van der Waals surface area contributed by atoms with Crippen molar-refractivity contribution in [3.05, 3.63) is 17.5 Å². The molecule has 7 heteroatoms. The van der Waals surface area contributed by atoms with E-state index in [1.54, 1.807) is 6.26 Å². The molecule has 0 bridgehead atoms. The average molecular weight is 252 g/mol. The summed E-state index contributed by atoms with van der Waals surface area (Å²) in [6.45, 7) is 0. The fourth-order valence-corrected chi connectivity index (χ4v) is 1.23. The van der Waals surface area contributed by atoms with E-state index < -0.39 is 11.9 Å². The highest BCUT2D eigenvalue weighted by Gasteiger charge is 2.12. The first-order valence-electron chi connectivity index (χ1n) is 4.32. The van der Waals surface area contributed by atoms with Gasteiger partial charge in [0, 0.05) is 12.1 Å². The van der Waals surface area contributed by atoms with Gasteiger partial charge in [-0.3, -0.25) is 0 Å². The minimum Gasteiger partial charge on any atom is -0.476 e. The van der Waals surface area contributed by atoms with Crippen molar-refractivity contribution < 1.29 is 19.4 Å². The molecule has 0 spiro atoms. The average Bonchev–Trinajstić information content (AvgIpc) is 2.35. The van der Waals surface area contributed by atoms with Crippen molar-refractivity contribution in [1.82, 2.24) is 9.97 Å². The van der Waals surface area contributed by atoms with Crippen LogP contribution >= 0.6 is 11.8 Å². The lowest BCUT2D eigenvalue weighted by molar-refractivity contribution is -0.133. The van der Waals surface area contributed by atoms with Crippen LogP contribution in [0.3, 0.4) is 0 Å². The molecule has 1 aromatic rings. The van der Waals surface area contributed by atoms with Crippen LogP contribution in [0.4, 0.5) is 0 Å². The fourth-order valence-electron chi connectivity index (χ4n) is 0.888. The van der Waals surface area contributed by atoms with Crippen molar-refractivity contribution >= 4 is 23.7 Å². The van der Waals surface area contributed by atoms with Gasteiger partial charge in [-0.05, 0) is 6.26 Å². The summed E-state index contributed by atoms with van der Waals surface area (Å²) >= 11 is 1.21. The molecule has 17 heavy (non-hydrogen) atoms. The van der Waals surface area contributed by atoms with Crippen LogP contribution in [0.15, 0.2) is 11.4 Å². The first-order valence-corrected chi connectivity index (χ1v) is 5.55. The summed E-state index contributed by atoms with van der Waals surface area (Å²) in [5.41, 5.74) is -0.165. The summed E-state index contributed by atoms with van der Waals surface area (Å²) in [7, 11) is 1.18. The van der Waals surface area contributed by atoms with E-state index >= 15 is 0 Å². The molecule has 1 rings (SSSR count). The van der Waals surface area contributed by atoms with Gasteiger partial charge in [-0.1, -0.05) is 17.7 Å². The molecule has 88 valence electrons.